The summed E-state index contributed by atoms with van der Waals surface area (Å²) >= 11 is 5.12. The minimum absolute atomic E-state index is 0.279. The normalized spacial score (nSPS) is 10.9. The molecule has 1 aromatic carbocycles. The summed E-state index contributed by atoms with van der Waals surface area (Å²) in [6.07, 6.45) is 0. The highest BCUT2D eigenvalue weighted by atomic mass is 35.5. The second-order valence-corrected chi connectivity index (χ2v) is 4.83. The molecule has 76 valence electrons. The van der Waals surface area contributed by atoms with Crippen LogP contribution in [0.4, 0.5) is 0 Å². The molecular weight excluding hydrogens is 226 g/mol. The van der Waals surface area contributed by atoms with Gasteiger partial charge in [-0.3, -0.25) is 4.79 Å². The molecular formula is C8H8ClNO3S. The van der Waals surface area contributed by atoms with Gasteiger partial charge in [-0.2, -0.15) is 0 Å². The summed E-state index contributed by atoms with van der Waals surface area (Å²) in [5, 5.41) is -0.633. The molecule has 0 radical (unpaired) electrons. The molecule has 0 bridgehead atoms. The van der Waals surface area contributed by atoms with E-state index in [0.29, 0.717) is 0 Å². The molecule has 0 saturated heterocycles. The first-order valence-corrected chi connectivity index (χ1v) is 5.89. The fourth-order valence-electron chi connectivity index (χ4n) is 0.817. The van der Waals surface area contributed by atoms with Crippen LogP contribution in [0.15, 0.2) is 30.3 Å². The first-order valence-electron chi connectivity index (χ1n) is 3.71. The lowest BCUT2D eigenvalue weighted by molar-refractivity contribution is 0.0981. The van der Waals surface area contributed by atoms with E-state index in [0.717, 1.165) is 0 Å². The topological polar surface area (TPSA) is 63.2 Å². The van der Waals surface area contributed by atoms with Gasteiger partial charge in [-0.15, -0.1) is 11.6 Å². The Hall–Kier alpha value is -1.07. The van der Waals surface area contributed by atoms with E-state index in [4.69, 9.17) is 11.6 Å². The van der Waals surface area contributed by atoms with Gasteiger partial charge in [0.05, 0.1) is 0 Å². The number of amides is 1. The van der Waals surface area contributed by atoms with Crippen molar-refractivity contribution < 1.29 is 13.2 Å². The van der Waals surface area contributed by atoms with Gasteiger partial charge in [-0.1, -0.05) is 18.2 Å². The van der Waals surface area contributed by atoms with Crippen molar-refractivity contribution in [2.45, 2.75) is 0 Å². The lowest BCUT2D eigenvalue weighted by Crippen LogP contribution is -2.31. The summed E-state index contributed by atoms with van der Waals surface area (Å²) in [5.74, 6) is -0.675. The zero-order valence-corrected chi connectivity index (χ0v) is 8.68. The zero-order valence-electron chi connectivity index (χ0n) is 7.10. The molecule has 0 unspecified atom stereocenters. The molecule has 0 aliphatic carbocycles. The fraction of sp³-hybridized carbons (Fsp3) is 0.125. The number of rotatable bonds is 3. The van der Waals surface area contributed by atoms with Gasteiger partial charge in [0.25, 0.3) is 5.91 Å². The van der Waals surface area contributed by atoms with Gasteiger partial charge in [0.15, 0.2) is 0 Å². The zero-order chi connectivity index (χ0) is 10.6. The molecule has 4 nitrogen and oxygen atoms in total. The van der Waals surface area contributed by atoms with E-state index in [9.17, 15) is 13.2 Å². The van der Waals surface area contributed by atoms with Gasteiger partial charge in [-0.05, 0) is 12.1 Å². The Morgan fingerprint density at radius 1 is 1.29 bits per heavy atom. The van der Waals surface area contributed by atoms with Crippen molar-refractivity contribution in [2.24, 2.45) is 0 Å². The Labute approximate surface area is 86.9 Å². The number of halogens is 1. The average Bonchev–Trinajstić information content (AvgIpc) is 2.19. The number of alkyl halides is 1. The van der Waals surface area contributed by atoms with Crippen molar-refractivity contribution >= 4 is 27.5 Å². The standard InChI is InChI=1S/C8H8ClNO3S/c9-6-14(12,13)10-8(11)7-4-2-1-3-5-7/h1-5H,6H2,(H,10,11). The molecule has 0 fully saturated rings. The van der Waals surface area contributed by atoms with Crippen LogP contribution in [-0.4, -0.2) is 19.5 Å². The molecule has 1 N–H and O–H groups in total. The Balaban J connectivity index is 2.79. The van der Waals surface area contributed by atoms with Crippen LogP contribution in [0.3, 0.4) is 0 Å². The molecule has 0 atom stereocenters. The maximum atomic E-state index is 11.3. The van der Waals surface area contributed by atoms with Crippen molar-refractivity contribution in [1.29, 1.82) is 0 Å². The Morgan fingerprint density at radius 2 is 1.86 bits per heavy atom. The minimum Gasteiger partial charge on any atom is -0.268 e. The minimum atomic E-state index is -3.70. The molecule has 6 heteroatoms. The van der Waals surface area contributed by atoms with Crippen LogP contribution < -0.4 is 4.72 Å². The highest BCUT2D eigenvalue weighted by Crippen LogP contribution is 1.99. The first-order chi connectivity index (χ1) is 6.55. The van der Waals surface area contributed by atoms with Crippen LogP contribution in [0.5, 0.6) is 0 Å². The highest BCUT2D eigenvalue weighted by Gasteiger charge is 2.13. The van der Waals surface area contributed by atoms with E-state index in [1.807, 2.05) is 4.72 Å². The van der Waals surface area contributed by atoms with Crippen LogP contribution in [-0.2, 0) is 10.0 Å². The lowest BCUT2D eigenvalue weighted by atomic mass is 10.2. The average molecular weight is 234 g/mol. The third-order valence-electron chi connectivity index (χ3n) is 1.43. The molecule has 14 heavy (non-hydrogen) atoms. The molecule has 0 aromatic heterocycles. The van der Waals surface area contributed by atoms with Crippen molar-refractivity contribution in [3.05, 3.63) is 35.9 Å². The van der Waals surface area contributed by atoms with E-state index in [-0.39, 0.29) is 5.56 Å². The SMILES string of the molecule is O=C(NS(=O)(=O)CCl)c1ccccc1. The monoisotopic (exact) mass is 233 g/mol. The van der Waals surface area contributed by atoms with Gasteiger partial charge in [-0.25, -0.2) is 13.1 Å². The van der Waals surface area contributed by atoms with E-state index < -0.39 is 21.1 Å². The molecule has 0 aliphatic rings. The van der Waals surface area contributed by atoms with Gasteiger partial charge in [0.2, 0.25) is 10.0 Å². The van der Waals surface area contributed by atoms with Gasteiger partial charge < -0.3 is 0 Å². The maximum absolute atomic E-state index is 11.3. The van der Waals surface area contributed by atoms with Crippen LogP contribution in [0.2, 0.25) is 0 Å². The second-order valence-electron chi connectivity index (χ2n) is 2.52. The quantitative estimate of drug-likeness (QED) is 0.791. The highest BCUT2D eigenvalue weighted by molar-refractivity contribution is 7.91. The maximum Gasteiger partial charge on any atom is 0.264 e. The first kappa shape index (κ1) is 11.0. The molecule has 1 rings (SSSR count). The predicted molar refractivity (Wildman–Crippen MR) is 53.5 cm³/mol. The van der Waals surface area contributed by atoms with Gasteiger partial charge in [0.1, 0.15) is 5.21 Å². The number of hydrogen-bond acceptors (Lipinski definition) is 3. The predicted octanol–water partition coefficient (Wildman–Crippen LogP) is 0.943. The van der Waals surface area contributed by atoms with Crippen LogP contribution >= 0.6 is 11.6 Å². The molecule has 0 heterocycles. The summed E-state index contributed by atoms with van der Waals surface area (Å²) in [6, 6.07) is 8.04. The van der Waals surface area contributed by atoms with Crippen LogP contribution in [0.25, 0.3) is 0 Å². The number of hydrogen-bond donors (Lipinski definition) is 1. The largest absolute Gasteiger partial charge is 0.268 e. The van der Waals surface area contributed by atoms with Crippen molar-refractivity contribution in [1.82, 2.24) is 4.72 Å². The van der Waals surface area contributed by atoms with E-state index >= 15 is 0 Å². The Kier molecular flexibility index (Phi) is 3.49. The van der Waals surface area contributed by atoms with Crippen molar-refractivity contribution in [3.63, 3.8) is 0 Å². The molecule has 0 spiro atoms. The van der Waals surface area contributed by atoms with Crippen molar-refractivity contribution in [2.75, 3.05) is 5.21 Å². The summed E-state index contributed by atoms with van der Waals surface area (Å²) in [4.78, 5) is 11.3. The van der Waals surface area contributed by atoms with E-state index in [1.54, 1.807) is 18.2 Å². The van der Waals surface area contributed by atoms with E-state index in [1.165, 1.54) is 12.1 Å². The Morgan fingerprint density at radius 3 is 2.36 bits per heavy atom. The van der Waals surface area contributed by atoms with Gasteiger partial charge >= 0.3 is 0 Å². The molecule has 0 saturated carbocycles. The number of benzene rings is 1. The van der Waals surface area contributed by atoms with Crippen LogP contribution in [0, 0.1) is 0 Å². The van der Waals surface area contributed by atoms with E-state index in [2.05, 4.69) is 0 Å². The molecule has 1 aromatic rings. The number of carbonyl (C=O) groups is 1. The summed E-state index contributed by atoms with van der Waals surface area (Å²) < 4.78 is 23.7. The van der Waals surface area contributed by atoms with Gasteiger partial charge in [0, 0.05) is 5.56 Å². The lowest BCUT2D eigenvalue weighted by Gasteiger charge is -2.02. The third-order valence-corrected chi connectivity index (χ3v) is 3.07. The number of carbonyl (C=O) groups excluding carboxylic acids is 1. The fourth-order valence-corrected chi connectivity index (χ4v) is 1.44. The number of sulfonamides is 1. The third kappa shape index (κ3) is 3.01. The molecule has 0 aliphatic heterocycles. The summed E-state index contributed by atoms with van der Waals surface area (Å²) in [6.45, 7) is 0. The second kappa shape index (κ2) is 4.43. The number of nitrogens with one attached hydrogen (secondary N) is 1. The molecule has 1 amide bonds. The van der Waals surface area contributed by atoms with Crippen LogP contribution in [0.1, 0.15) is 10.4 Å². The summed E-state index contributed by atoms with van der Waals surface area (Å²) in [7, 11) is -3.70. The smallest absolute Gasteiger partial charge is 0.264 e. The van der Waals surface area contributed by atoms with Crippen molar-refractivity contribution in [3.8, 4) is 0 Å². The summed E-state index contributed by atoms with van der Waals surface area (Å²) in [5.41, 5.74) is 0.279. The Bertz CT molecular complexity index is 415.